The van der Waals surface area contributed by atoms with Crippen LogP contribution in [0.15, 0.2) is 48.5 Å². The van der Waals surface area contributed by atoms with Gasteiger partial charge in [-0.05, 0) is 58.5 Å². The lowest BCUT2D eigenvalue weighted by atomic mass is 10.1. The molecule has 0 aliphatic rings. The van der Waals surface area contributed by atoms with Crippen LogP contribution in [0, 0.1) is 3.57 Å². The first-order chi connectivity index (χ1) is 9.22. The van der Waals surface area contributed by atoms with Gasteiger partial charge >= 0.3 is 0 Å². The van der Waals surface area contributed by atoms with E-state index >= 15 is 0 Å². The molecule has 100 valence electrons. The van der Waals surface area contributed by atoms with Crippen LogP contribution in [0.5, 0.6) is 11.5 Å². The molecule has 3 nitrogen and oxygen atoms in total. The van der Waals surface area contributed by atoms with E-state index in [9.17, 15) is 0 Å². The van der Waals surface area contributed by atoms with Crippen LogP contribution in [0.1, 0.15) is 11.7 Å². The van der Waals surface area contributed by atoms with Gasteiger partial charge in [-0.3, -0.25) is 0 Å². The molecule has 2 N–H and O–H groups in total. The first-order valence-electron chi connectivity index (χ1n) is 5.99. The van der Waals surface area contributed by atoms with Crippen molar-refractivity contribution < 1.29 is 9.47 Å². The van der Waals surface area contributed by atoms with Crippen LogP contribution in [0.25, 0.3) is 0 Å². The van der Waals surface area contributed by atoms with Gasteiger partial charge in [-0.25, -0.2) is 0 Å². The van der Waals surface area contributed by atoms with Crippen molar-refractivity contribution in [3.8, 4) is 11.5 Å². The predicted octanol–water partition coefficient (Wildman–Crippen LogP) is 3.38. The molecular formula is C15H16INO2. The molecule has 0 amide bonds. The van der Waals surface area contributed by atoms with Crippen molar-refractivity contribution in [2.45, 2.75) is 6.10 Å². The summed E-state index contributed by atoms with van der Waals surface area (Å²) < 4.78 is 12.3. The zero-order chi connectivity index (χ0) is 13.7. The molecule has 1 unspecified atom stereocenters. The lowest BCUT2D eigenvalue weighted by Gasteiger charge is -2.18. The lowest BCUT2D eigenvalue weighted by Crippen LogP contribution is -2.18. The maximum absolute atomic E-state index is 5.94. The Morgan fingerprint density at radius 1 is 1.11 bits per heavy atom. The van der Waals surface area contributed by atoms with Gasteiger partial charge in [0.2, 0.25) is 0 Å². The van der Waals surface area contributed by atoms with E-state index in [0.29, 0.717) is 6.54 Å². The Kier molecular flexibility index (Phi) is 5.04. The third-order valence-corrected chi connectivity index (χ3v) is 3.43. The molecule has 1 atom stereocenters. The molecule has 2 aromatic rings. The third kappa shape index (κ3) is 3.84. The molecule has 2 rings (SSSR count). The third-order valence-electron chi connectivity index (χ3n) is 2.75. The molecule has 2 aromatic carbocycles. The molecule has 0 saturated carbocycles. The lowest BCUT2D eigenvalue weighted by molar-refractivity contribution is 0.213. The summed E-state index contributed by atoms with van der Waals surface area (Å²) in [5, 5.41) is 0. The van der Waals surface area contributed by atoms with Gasteiger partial charge in [0, 0.05) is 10.1 Å². The Balaban J connectivity index is 2.19. The largest absolute Gasteiger partial charge is 0.497 e. The quantitative estimate of drug-likeness (QED) is 0.822. The summed E-state index contributed by atoms with van der Waals surface area (Å²) in [5.41, 5.74) is 6.83. The minimum Gasteiger partial charge on any atom is -0.497 e. The Bertz CT molecular complexity index is 545. The van der Waals surface area contributed by atoms with Gasteiger partial charge in [-0.1, -0.05) is 18.2 Å². The topological polar surface area (TPSA) is 44.5 Å². The number of halogens is 1. The van der Waals surface area contributed by atoms with E-state index in [1.165, 1.54) is 0 Å². The SMILES string of the molecule is COc1cccc(C(CN)Oc2cccc(I)c2)c1. The van der Waals surface area contributed by atoms with E-state index in [0.717, 1.165) is 20.6 Å². The molecule has 0 radical (unpaired) electrons. The number of nitrogens with two attached hydrogens (primary N) is 1. The average Bonchev–Trinajstić information content (AvgIpc) is 2.45. The number of ether oxygens (including phenoxy) is 2. The van der Waals surface area contributed by atoms with Gasteiger partial charge in [-0.2, -0.15) is 0 Å². The second kappa shape index (κ2) is 6.77. The first kappa shape index (κ1) is 14.1. The summed E-state index contributed by atoms with van der Waals surface area (Å²) in [5.74, 6) is 1.63. The van der Waals surface area contributed by atoms with Crippen LogP contribution < -0.4 is 15.2 Å². The van der Waals surface area contributed by atoms with Crippen molar-refractivity contribution in [2.75, 3.05) is 13.7 Å². The second-order valence-corrected chi connectivity index (χ2v) is 5.32. The number of methoxy groups -OCH3 is 1. The molecule has 0 saturated heterocycles. The Morgan fingerprint density at radius 3 is 2.53 bits per heavy atom. The predicted molar refractivity (Wildman–Crippen MR) is 84.6 cm³/mol. The molecule has 19 heavy (non-hydrogen) atoms. The van der Waals surface area contributed by atoms with Crippen molar-refractivity contribution in [2.24, 2.45) is 5.73 Å². The monoisotopic (exact) mass is 369 g/mol. The summed E-state index contributed by atoms with van der Waals surface area (Å²) >= 11 is 2.26. The highest BCUT2D eigenvalue weighted by Crippen LogP contribution is 2.25. The maximum atomic E-state index is 5.94. The van der Waals surface area contributed by atoms with E-state index in [4.69, 9.17) is 15.2 Å². The van der Waals surface area contributed by atoms with Gasteiger partial charge in [0.05, 0.1) is 7.11 Å². The average molecular weight is 369 g/mol. The first-order valence-corrected chi connectivity index (χ1v) is 7.07. The molecule has 0 aliphatic carbocycles. The summed E-state index contributed by atoms with van der Waals surface area (Å²) in [6, 6.07) is 15.7. The summed E-state index contributed by atoms with van der Waals surface area (Å²) in [6.07, 6.45) is -0.173. The fraction of sp³-hybridized carbons (Fsp3) is 0.200. The van der Waals surface area contributed by atoms with E-state index < -0.39 is 0 Å². The number of hydrogen-bond acceptors (Lipinski definition) is 3. The van der Waals surface area contributed by atoms with Crippen LogP contribution in [-0.4, -0.2) is 13.7 Å². The molecule has 0 aromatic heterocycles. The highest BCUT2D eigenvalue weighted by Gasteiger charge is 2.12. The standard InChI is InChI=1S/C15H16INO2/c1-18-13-6-2-4-11(8-13)15(10-17)19-14-7-3-5-12(16)9-14/h2-9,15H,10,17H2,1H3. The number of hydrogen-bond donors (Lipinski definition) is 1. The molecule has 0 heterocycles. The maximum Gasteiger partial charge on any atom is 0.136 e. The van der Waals surface area contributed by atoms with Crippen molar-refractivity contribution in [1.82, 2.24) is 0 Å². The zero-order valence-electron chi connectivity index (χ0n) is 10.7. The minimum atomic E-state index is -0.173. The van der Waals surface area contributed by atoms with Gasteiger partial charge in [-0.15, -0.1) is 0 Å². The molecule has 4 heteroatoms. The van der Waals surface area contributed by atoms with Crippen molar-refractivity contribution >= 4 is 22.6 Å². The number of benzene rings is 2. The van der Waals surface area contributed by atoms with Crippen molar-refractivity contribution in [1.29, 1.82) is 0 Å². The summed E-state index contributed by atoms with van der Waals surface area (Å²) in [4.78, 5) is 0. The highest BCUT2D eigenvalue weighted by atomic mass is 127. The molecule has 0 spiro atoms. The summed E-state index contributed by atoms with van der Waals surface area (Å²) in [6.45, 7) is 0.415. The summed E-state index contributed by atoms with van der Waals surface area (Å²) in [7, 11) is 1.65. The van der Waals surface area contributed by atoms with Crippen LogP contribution in [0.2, 0.25) is 0 Å². The van der Waals surface area contributed by atoms with Crippen LogP contribution in [-0.2, 0) is 0 Å². The molecule has 0 fully saturated rings. The fourth-order valence-electron chi connectivity index (χ4n) is 1.80. The van der Waals surface area contributed by atoms with Gasteiger partial charge in [0.15, 0.2) is 0 Å². The second-order valence-electron chi connectivity index (χ2n) is 4.08. The van der Waals surface area contributed by atoms with E-state index in [-0.39, 0.29) is 6.10 Å². The minimum absolute atomic E-state index is 0.173. The van der Waals surface area contributed by atoms with Gasteiger partial charge in [0.25, 0.3) is 0 Å². The van der Waals surface area contributed by atoms with Crippen LogP contribution >= 0.6 is 22.6 Å². The zero-order valence-corrected chi connectivity index (χ0v) is 12.8. The van der Waals surface area contributed by atoms with Gasteiger partial charge in [0.1, 0.15) is 17.6 Å². The fourth-order valence-corrected chi connectivity index (χ4v) is 2.31. The van der Waals surface area contributed by atoms with Crippen molar-refractivity contribution in [3.63, 3.8) is 0 Å². The smallest absolute Gasteiger partial charge is 0.136 e. The molecule has 0 aliphatic heterocycles. The van der Waals surface area contributed by atoms with E-state index in [1.807, 2.05) is 48.5 Å². The van der Waals surface area contributed by atoms with Crippen LogP contribution in [0.3, 0.4) is 0 Å². The number of rotatable bonds is 5. The van der Waals surface area contributed by atoms with E-state index in [2.05, 4.69) is 22.6 Å². The normalized spacial score (nSPS) is 11.9. The Morgan fingerprint density at radius 2 is 1.84 bits per heavy atom. The molecule has 0 bridgehead atoms. The molecular weight excluding hydrogens is 353 g/mol. The highest BCUT2D eigenvalue weighted by molar-refractivity contribution is 14.1. The Hall–Kier alpha value is -1.27. The van der Waals surface area contributed by atoms with Crippen molar-refractivity contribution in [3.05, 3.63) is 57.7 Å². The van der Waals surface area contributed by atoms with Crippen LogP contribution in [0.4, 0.5) is 0 Å². The van der Waals surface area contributed by atoms with Gasteiger partial charge < -0.3 is 15.2 Å². The van der Waals surface area contributed by atoms with E-state index in [1.54, 1.807) is 7.11 Å². The Labute approximate surface area is 126 Å².